The van der Waals surface area contributed by atoms with Crippen molar-refractivity contribution in [1.29, 1.82) is 0 Å². The summed E-state index contributed by atoms with van der Waals surface area (Å²) in [6, 6.07) is 13.3. The molecule has 0 radical (unpaired) electrons. The standard InChI is InChI=1S/C14H14S/c1-14(15-2)9-11-7-3-5-10-6-4-8-12(14)13(10)11/h3-8H,9H2,1-2H3. The van der Waals surface area contributed by atoms with Gasteiger partial charge in [-0.25, -0.2) is 0 Å². The Morgan fingerprint density at radius 3 is 2.60 bits per heavy atom. The number of thioether (sulfide) groups is 1. The van der Waals surface area contributed by atoms with Crippen molar-refractivity contribution in [3.05, 3.63) is 47.5 Å². The van der Waals surface area contributed by atoms with Crippen LogP contribution in [0.1, 0.15) is 18.1 Å². The van der Waals surface area contributed by atoms with Crippen molar-refractivity contribution in [1.82, 2.24) is 0 Å². The molecule has 1 atom stereocenters. The molecule has 0 bridgehead atoms. The monoisotopic (exact) mass is 214 g/mol. The van der Waals surface area contributed by atoms with E-state index >= 15 is 0 Å². The van der Waals surface area contributed by atoms with Gasteiger partial charge in [0, 0.05) is 4.75 Å². The maximum absolute atomic E-state index is 2.35. The molecular formula is C14H14S. The Kier molecular flexibility index (Phi) is 1.87. The summed E-state index contributed by atoms with van der Waals surface area (Å²) in [4.78, 5) is 0. The van der Waals surface area contributed by atoms with Crippen LogP contribution in [0.15, 0.2) is 36.4 Å². The minimum atomic E-state index is 0.281. The van der Waals surface area contributed by atoms with Gasteiger partial charge in [0.15, 0.2) is 0 Å². The maximum atomic E-state index is 2.35. The summed E-state index contributed by atoms with van der Waals surface area (Å²) in [7, 11) is 0. The quantitative estimate of drug-likeness (QED) is 0.692. The summed E-state index contributed by atoms with van der Waals surface area (Å²) >= 11 is 1.96. The van der Waals surface area contributed by atoms with Crippen LogP contribution in [-0.2, 0) is 11.2 Å². The summed E-state index contributed by atoms with van der Waals surface area (Å²) in [5.74, 6) is 0. The van der Waals surface area contributed by atoms with E-state index in [0.717, 1.165) is 0 Å². The average molecular weight is 214 g/mol. The van der Waals surface area contributed by atoms with Gasteiger partial charge >= 0.3 is 0 Å². The highest BCUT2D eigenvalue weighted by atomic mass is 32.2. The normalized spacial score (nSPS) is 23.6. The molecule has 0 nitrogen and oxygen atoms in total. The van der Waals surface area contributed by atoms with Crippen LogP contribution in [0.3, 0.4) is 0 Å². The second-order valence-corrected chi connectivity index (χ2v) is 5.74. The Hall–Kier alpha value is -0.950. The average Bonchev–Trinajstić information content (AvgIpc) is 2.56. The minimum Gasteiger partial charge on any atom is -0.154 e. The Bertz CT molecular complexity index is 525. The first kappa shape index (κ1) is 9.29. The Morgan fingerprint density at radius 2 is 1.87 bits per heavy atom. The highest BCUT2D eigenvalue weighted by Crippen LogP contribution is 2.47. The van der Waals surface area contributed by atoms with Crippen LogP contribution in [0.2, 0.25) is 0 Å². The number of rotatable bonds is 1. The number of benzene rings is 2. The molecule has 1 heteroatoms. The van der Waals surface area contributed by atoms with Crippen molar-refractivity contribution in [3.8, 4) is 0 Å². The third-order valence-electron chi connectivity index (χ3n) is 3.54. The molecule has 0 N–H and O–H groups in total. The van der Waals surface area contributed by atoms with Crippen LogP contribution in [-0.4, -0.2) is 6.26 Å². The topological polar surface area (TPSA) is 0 Å². The molecular weight excluding hydrogens is 200 g/mol. The molecule has 2 aromatic carbocycles. The Morgan fingerprint density at radius 1 is 1.13 bits per heavy atom. The van der Waals surface area contributed by atoms with Crippen LogP contribution < -0.4 is 0 Å². The molecule has 3 rings (SSSR count). The van der Waals surface area contributed by atoms with Gasteiger partial charge in [0.25, 0.3) is 0 Å². The molecule has 76 valence electrons. The lowest BCUT2D eigenvalue weighted by Gasteiger charge is -2.22. The molecule has 0 fully saturated rings. The molecule has 0 saturated heterocycles. The molecule has 15 heavy (non-hydrogen) atoms. The lowest BCUT2D eigenvalue weighted by Crippen LogP contribution is -2.14. The highest BCUT2D eigenvalue weighted by Gasteiger charge is 2.34. The van der Waals surface area contributed by atoms with Crippen LogP contribution in [0, 0.1) is 0 Å². The van der Waals surface area contributed by atoms with E-state index < -0.39 is 0 Å². The molecule has 2 aromatic rings. The highest BCUT2D eigenvalue weighted by molar-refractivity contribution is 7.99. The first-order chi connectivity index (χ1) is 7.24. The van der Waals surface area contributed by atoms with E-state index in [9.17, 15) is 0 Å². The van der Waals surface area contributed by atoms with Crippen LogP contribution >= 0.6 is 11.8 Å². The lowest BCUT2D eigenvalue weighted by atomic mass is 10.0. The van der Waals surface area contributed by atoms with Crippen molar-refractivity contribution in [2.24, 2.45) is 0 Å². The summed E-state index contributed by atoms with van der Waals surface area (Å²) in [6.07, 6.45) is 3.38. The van der Waals surface area contributed by atoms with Crippen LogP contribution in [0.4, 0.5) is 0 Å². The third-order valence-corrected chi connectivity index (χ3v) is 4.80. The zero-order valence-electron chi connectivity index (χ0n) is 9.08. The molecule has 0 aliphatic heterocycles. The zero-order chi connectivity index (χ0) is 10.5. The van der Waals surface area contributed by atoms with Gasteiger partial charge in [0.1, 0.15) is 0 Å². The van der Waals surface area contributed by atoms with Gasteiger partial charge in [-0.3, -0.25) is 0 Å². The van der Waals surface area contributed by atoms with Gasteiger partial charge in [-0.1, -0.05) is 36.4 Å². The van der Waals surface area contributed by atoms with Crippen molar-refractivity contribution < 1.29 is 0 Å². The molecule has 1 aliphatic carbocycles. The second kappa shape index (κ2) is 3.02. The van der Waals surface area contributed by atoms with E-state index in [0.29, 0.717) is 0 Å². The molecule has 1 unspecified atom stereocenters. The fourth-order valence-corrected chi connectivity index (χ4v) is 3.34. The van der Waals surface area contributed by atoms with Crippen molar-refractivity contribution >= 4 is 22.5 Å². The van der Waals surface area contributed by atoms with Crippen molar-refractivity contribution in [2.45, 2.75) is 18.1 Å². The molecule has 0 amide bonds. The Labute approximate surface area is 94.7 Å². The van der Waals surface area contributed by atoms with Gasteiger partial charge in [-0.05, 0) is 41.5 Å². The molecule has 0 spiro atoms. The zero-order valence-corrected chi connectivity index (χ0v) is 9.90. The smallest absolute Gasteiger partial charge is 0.0424 e. The molecule has 0 heterocycles. The van der Waals surface area contributed by atoms with E-state index in [-0.39, 0.29) is 4.75 Å². The first-order valence-corrected chi connectivity index (χ1v) is 6.53. The Balaban J connectivity index is 2.41. The second-order valence-electron chi connectivity index (χ2n) is 4.43. The first-order valence-electron chi connectivity index (χ1n) is 5.31. The maximum Gasteiger partial charge on any atom is 0.0424 e. The number of hydrogen-bond donors (Lipinski definition) is 0. The lowest BCUT2D eigenvalue weighted by molar-refractivity contribution is 0.724. The SMILES string of the molecule is CSC1(C)Cc2cccc3cccc1c23. The van der Waals surface area contributed by atoms with Gasteiger partial charge in [-0.15, -0.1) is 0 Å². The summed E-state index contributed by atoms with van der Waals surface area (Å²) < 4.78 is 0.281. The summed E-state index contributed by atoms with van der Waals surface area (Å²) in [6.45, 7) is 2.35. The number of hydrogen-bond acceptors (Lipinski definition) is 1. The van der Waals surface area contributed by atoms with Gasteiger partial charge in [0.2, 0.25) is 0 Å². The van der Waals surface area contributed by atoms with Gasteiger partial charge in [-0.2, -0.15) is 11.8 Å². The summed E-state index contributed by atoms with van der Waals surface area (Å²) in [5.41, 5.74) is 3.03. The van der Waals surface area contributed by atoms with Crippen LogP contribution in [0.5, 0.6) is 0 Å². The van der Waals surface area contributed by atoms with Crippen molar-refractivity contribution in [3.63, 3.8) is 0 Å². The van der Waals surface area contributed by atoms with Crippen LogP contribution in [0.25, 0.3) is 10.8 Å². The van der Waals surface area contributed by atoms with Gasteiger partial charge in [0.05, 0.1) is 0 Å². The molecule has 0 aromatic heterocycles. The van der Waals surface area contributed by atoms with E-state index in [1.54, 1.807) is 0 Å². The van der Waals surface area contributed by atoms with Gasteiger partial charge < -0.3 is 0 Å². The van der Waals surface area contributed by atoms with E-state index in [4.69, 9.17) is 0 Å². The molecule has 0 saturated carbocycles. The van der Waals surface area contributed by atoms with Crippen molar-refractivity contribution in [2.75, 3.05) is 6.26 Å². The summed E-state index contributed by atoms with van der Waals surface area (Å²) in [5, 5.41) is 2.89. The fraction of sp³-hybridized carbons (Fsp3) is 0.286. The largest absolute Gasteiger partial charge is 0.154 e. The predicted octanol–water partition coefficient (Wildman–Crippen LogP) is 3.97. The fourth-order valence-electron chi connectivity index (χ4n) is 2.65. The van der Waals surface area contributed by atoms with E-state index in [1.807, 2.05) is 11.8 Å². The minimum absolute atomic E-state index is 0.281. The van der Waals surface area contributed by atoms with E-state index in [2.05, 4.69) is 49.6 Å². The van der Waals surface area contributed by atoms with E-state index in [1.165, 1.54) is 28.3 Å². The molecule has 1 aliphatic rings. The third kappa shape index (κ3) is 1.16. The predicted molar refractivity (Wildman–Crippen MR) is 68.5 cm³/mol.